The van der Waals surface area contributed by atoms with E-state index >= 15 is 0 Å². The number of nitro groups is 1. The lowest BCUT2D eigenvalue weighted by Crippen LogP contribution is -2.30. The van der Waals surface area contributed by atoms with Crippen LogP contribution in [0.3, 0.4) is 0 Å². The molecule has 1 atom stereocenters. The summed E-state index contributed by atoms with van der Waals surface area (Å²) in [6, 6.07) is 1.24. The quantitative estimate of drug-likeness (QED) is 0.559. The number of carboxylic acids is 1. The zero-order valence-corrected chi connectivity index (χ0v) is 12.0. The molecular weight excluding hydrogens is 278 g/mol. The third kappa shape index (κ3) is 4.90. The van der Waals surface area contributed by atoms with Gasteiger partial charge in [0, 0.05) is 25.6 Å². The van der Waals surface area contributed by atoms with Gasteiger partial charge in [-0.25, -0.2) is 0 Å². The number of carboxylic acid groups (broad SMARTS) is 1. The Morgan fingerprint density at radius 1 is 1.52 bits per heavy atom. The molecule has 21 heavy (non-hydrogen) atoms. The van der Waals surface area contributed by atoms with Gasteiger partial charge in [-0.15, -0.1) is 0 Å². The van der Waals surface area contributed by atoms with E-state index in [4.69, 9.17) is 5.11 Å². The highest BCUT2D eigenvalue weighted by molar-refractivity contribution is 5.93. The Morgan fingerprint density at radius 3 is 2.71 bits per heavy atom. The van der Waals surface area contributed by atoms with Crippen molar-refractivity contribution in [2.24, 2.45) is 5.92 Å². The van der Waals surface area contributed by atoms with Crippen LogP contribution in [0.1, 0.15) is 37.2 Å². The topological polar surface area (TPSA) is 114 Å². The molecule has 116 valence electrons. The molecule has 0 fully saturated rings. The lowest BCUT2D eigenvalue weighted by atomic mass is 10.1. The first-order valence-electron chi connectivity index (χ1n) is 6.69. The van der Waals surface area contributed by atoms with Crippen molar-refractivity contribution in [1.82, 2.24) is 9.88 Å². The predicted molar refractivity (Wildman–Crippen MR) is 75.1 cm³/mol. The summed E-state index contributed by atoms with van der Waals surface area (Å²) in [7, 11) is 0. The molecule has 1 heterocycles. The molecule has 1 unspecified atom stereocenters. The average Bonchev–Trinajstić information content (AvgIpc) is 2.86. The average molecular weight is 297 g/mol. The van der Waals surface area contributed by atoms with Gasteiger partial charge in [0.25, 0.3) is 11.6 Å². The molecule has 8 nitrogen and oxygen atoms in total. The second-order valence-corrected chi connectivity index (χ2v) is 4.87. The molecule has 0 aliphatic rings. The first-order chi connectivity index (χ1) is 9.85. The fraction of sp³-hybridized carbons (Fsp3) is 0.538. The molecule has 1 rings (SSSR count). The monoisotopic (exact) mass is 297 g/mol. The maximum atomic E-state index is 12.0. The van der Waals surface area contributed by atoms with Crippen LogP contribution in [0.2, 0.25) is 0 Å². The molecule has 0 spiro atoms. The molecule has 0 aliphatic heterocycles. The molecule has 1 aromatic heterocycles. The smallest absolute Gasteiger partial charge is 0.303 e. The van der Waals surface area contributed by atoms with Gasteiger partial charge in [-0.05, 0) is 19.3 Å². The molecule has 0 saturated heterocycles. The van der Waals surface area contributed by atoms with Gasteiger partial charge in [0.05, 0.1) is 11.1 Å². The van der Waals surface area contributed by atoms with Crippen molar-refractivity contribution < 1.29 is 19.6 Å². The summed E-state index contributed by atoms with van der Waals surface area (Å²) in [6.07, 6.45) is 1.83. The van der Waals surface area contributed by atoms with E-state index in [1.807, 2.05) is 6.92 Å². The highest BCUT2D eigenvalue weighted by Crippen LogP contribution is 2.16. The fourth-order valence-electron chi connectivity index (χ4n) is 1.88. The highest BCUT2D eigenvalue weighted by atomic mass is 16.6. The van der Waals surface area contributed by atoms with Crippen LogP contribution in [0.4, 0.5) is 5.69 Å². The van der Waals surface area contributed by atoms with E-state index < -0.39 is 16.8 Å². The Morgan fingerprint density at radius 2 is 2.19 bits per heavy atom. The Hall–Kier alpha value is -2.38. The Bertz CT molecular complexity index is 538. The van der Waals surface area contributed by atoms with E-state index in [0.29, 0.717) is 19.5 Å². The summed E-state index contributed by atoms with van der Waals surface area (Å²) in [5.41, 5.74) is 0.107. The van der Waals surface area contributed by atoms with Crippen molar-refractivity contribution >= 4 is 17.6 Å². The van der Waals surface area contributed by atoms with E-state index in [1.54, 1.807) is 6.92 Å². The Balaban J connectivity index is 2.63. The normalized spacial score (nSPS) is 11.9. The maximum Gasteiger partial charge on any atom is 0.303 e. The minimum Gasteiger partial charge on any atom is -0.481 e. The lowest BCUT2D eigenvalue weighted by molar-refractivity contribution is -0.384. The zero-order chi connectivity index (χ0) is 16.0. The van der Waals surface area contributed by atoms with Gasteiger partial charge in [0.2, 0.25) is 0 Å². The highest BCUT2D eigenvalue weighted by Gasteiger charge is 2.19. The molecular formula is C13H19N3O5. The summed E-state index contributed by atoms with van der Waals surface area (Å²) in [5.74, 6) is -1.25. The Kier molecular flexibility index (Phi) is 5.89. The number of aromatic nitrogens is 1. The van der Waals surface area contributed by atoms with Crippen molar-refractivity contribution in [3.8, 4) is 0 Å². The largest absolute Gasteiger partial charge is 0.481 e. The van der Waals surface area contributed by atoms with Crippen LogP contribution in [0.5, 0.6) is 0 Å². The molecule has 1 amide bonds. The molecule has 1 aromatic rings. The van der Waals surface area contributed by atoms with Crippen LogP contribution in [-0.2, 0) is 11.3 Å². The van der Waals surface area contributed by atoms with E-state index in [-0.39, 0.29) is 23.7 Å². The maximum absolute atomic E-state index is 12.0. The van der Waals surface area contributed by atoms with Crippen molar-refractivity contribution in [3.63, 3.8) is 0 Å². The number of rotatable bonds is 8. The fourth-order valence-corrected chi connectivity index (χ4v) is 1.88. The zero-order valence-electron chi connectivity index (χ0n) is 12.0. The molecule has 0 saturated carbocycles. The first kappa shape index (κ1) is 16.7. The van der Waals surface area contributed by atoms with Crippen molar-refractivity contribution in [3.05, 3.63) is 28.1 Å². The first-order valence-corrected chi connectivity index (χ1v) is 6.69. The minimum absolute atomic E-state index is 0.0186. The van der Waals surface area contributed by atoms with Gasteiger partial charge < -0.3 is 15.0 Å². The van der Waals surface area contributed by atoms with E-state index in [0.717, 1.165) is 0 Å². The van der Waals surface area contributed by atoms with Crippen LogP contribution in [0.25, 0.3) is 0 Å². The lowest BCUT2D eigenvalue weighted by Gasteiger charge is -2.12. The van der Waals surface area contributed by atoms with Crippen molar-refractivity contribution in [1.29, 1.82) is 0 Å². The van der Waals surface area contributed by atoms with E-state index in [9.17, 15) is 19.7 Å². The standard InChI is InChI=1S/C13H19N3O5/c1-3-15-8-10(16(20)21)6-11(15)13(19)14-7-9(2)4-5-12(17)18/h6,8-9H,3-5,7H2,1-2H3,(H,14,19)(H,17,18). The number of aliphatic carboxylic acids is 1. The second kappa shape index (κ2) is 7.41. The van der Waals surface area contributed by atoms with Gasteiger partial charge in [-0.2, -0.15) is 0 Å². The number of carbonyl (C=O) groups excluding carboxylic acids is 1. The number of nitrogens with one attached hydrogen (secondary N) is 1. The SMILES string of the molecule is CCn1cc([N+](=O)[O-])cc1C(=O)NCC(C)CCC(=O)O. The van der Waals surface area contributed by atoms with Crippen LogP contribution in [0.15, 0.2) is 12.3 Å². The summed E-state index contributed by atoms with van der Waals surface area (Å²) < 4.78 is 1.51. The summed E-state index contributed by atoms with van der Waals surface area (Å²) >= 11 is 0. The third-order valence-electron chi connectivity index (χ3n) is 3.13. The van der Waals surface area contributed by atoms with Gasteiger partial charge in [0.1, 0.15) is 5.69 Å². The number of carbonyl (C=O) groups is 2. The minimum atomic E-state index is -0.872. The second-order valence-electron chi connectivity index (χ2n) is 4.87. The van der Waals surface area contributed by atoms with Crippen molar-refractivity contribution in [2.75, 3.05) is 6.54 Å². The molecule has 2 N–H and O–H groups in total. The van der Waals surface area contributed by atoms with Gasteiger partial charge in [-0.3, -0.25) is 19.7 Å². The number of amides is 1. The van der Waals surface area contributed by atoms with Gasteiger partial charge >= 0.3 is 5.97 Å². The molecule has 0 radical (unpaired) electrons. The van der Waals surface area contributed by atoms with Crippen LogP contribution in [-0.4, -0.2) is 33.0 Å². The van der Waals surface area contributed by atoms with E-state index in [1.165, 1.54) is 16.8 Å². The molecule has 8 heteroatoms. The number of hydrogen-bond donors (Lipinski definition) is 2. The Labute approximate surface area is 121 Å². The third-order valence-corrected chi connectivity index (χ3v) is 3.13. The molecule has 0 aromatic carbocycles. The summed E-state index contributed by atoms with van der Waals surface area (Å²) in [4.78, 5) is 32.7. The predicted octanol–water partition coefficient (Wildman–Crippen LogP) is 1.65. The van der Waals surface area contributed by atoms with Crippen LogP contribution in [0, 0.1) is 16.0 Å². The number of aryl methyl sites for hydroxylation is 1. The number of hydrogen-bond acceptors (Lipinski definition) is 4. The van der Waals surface area contributed by atoms with Crippen molar-refractivity contribution in [2.45, 2.75) is 33.2 Å². The van der Waals surface area contributed by atoms with Crippen LogP contribution >= 0.6 is 0 Å². The van der Waals surface area contributed by atoms with E-state index in [2.05, 4.69) is 5.32 Å². The summed E-state index contributed by atoms with van der Waals surface area (Å²) in [6.45, 7) is 4.40. The molecule has 0 bridgehead atoms. The van der Waals surface area contributed by atoms with Gasteiger partial charge in [-0.1, -0.05) is 6.92 Å². The van der Waals surface area contributed by atoms with Crippen LogP contribution < -0.4 is 5.32 Å². The summed E-state index contributed by atoms with van der Waals surface area (Å²) in [5, 5.41) is 22.0. The number of nitrogens with zero attached hydrogens (tertiary/aromatic N) is 2. The molecule has 0 aliphatic carbocycles. The van der Waals surface area contributed by atoms with Gasteiger partial charge in [0.15, 0.2) is 0 Å².